The average molecular weight is 388 g/mol. The quantitative estimate of drug-likeness (QED) is 0.442. The molecule has 0 heterocycles. The van der Waals surface area contributed by atoms with Crippen LogP contribution in [0.2, 0.25) is 39.3 Å². The van der Waals surface area contributed by atoms with Gasteiger partial charge in [0.15, 0.2) is 0 Å². The summed E-state index contributed by atoms with van der Waals surface area (Å²) in [6.07, 6.45) is 0. The molecule has 0 radical (unpaired) electrons. The number of nitrogens with zero attached hydrogens (tertiary/aromatic N) is 1. The van der Waals surface area contributed by atoms with Gasteiger partial charge in [-0.25, -0.2) is 0 Å². The van der Waals surface area contributed by atoms with Crippen LogP contribution in [0.1, 0.15) is 15.9 Å². The van der Waals surface area contributed by atoms with Crippen molar-refractivity contribution < 1.29 is 4.79 Å². The van der Waals surface area contributed by atoms with E-state index in [1.807, 2.05) is 42.5 Å². The molecular weight excluding hydrogens is 358 g/mol. The molecule has 2 aromatic carbocycles. The number of carbonyl (C=O) groups is 1. The van der Waals surface area contributed by atoms with Crippen LogP contribution >= 0.6 is 11.8 Å². The minimum absolute atomic E-state index is 0.112. The maximum absolute atomic E-state index is 12.6. The largest absolute Gasteiger partial charge is 0.342 e. The lowest BCUT2D eigenvalue weighted by atomic mass is 10.1. The molecule has 0 N–H and O–H groups in total. The summed E-state index contributed by atoms with van der Waals surface area (Å²) in [5.41, 5.74) is 2.03. The van der Waals surface area contributed by atoms with Gasteiger partial charge >= 0.3 is 0 Å². The van der Waals surface area contributed by atoms with Crippen molar-refractivity contribution in [2.45, 2.75) is 50.7 Å². The van der Waals surface area contributed by atoms with Gasteiger partial charge in [-0.15, -0.1) is 0 Å². The Bertz CT molecular complexity index is 706. The van der Waals surface area contributed by atoms with Crippen LogP contribution in [0.4, 0.5) is 0 Å². The van der Waals surface area contributed by atoms with E-state index in [0.29, 0.717) is 0 Å². The Labute approximate surface area is 158 Å². The Balaban J connectivity index is 2.19. The van der Waals surface area contributed by atoms with Crippen LogP contribution in [0.25, 0.3) is 0 Å². The van der Waals surface area contributed by atoms with Gasteiger partial charge < -0.3 is 4.23 Å². The summed E-state index contributed by atoms with van der Waals surface area (Å²) in [5.74, 6) is 0. The lowest BCUT2D eigenvalue weighted by molar-refractivity contribution is 0.108. The average Bonchev–Trinajstić information content (AvgIpc) is 2.52. The van der Waals surface area contributed by atoms with Gasteiger partial charge in [0.25, 0.3) is 0 Å². The van der Waals surface area contributed by atoms with Crippen molar-refractivity contribution in [3.8, 4) is 0 Å². The van der Waals surface area contributed by atoms with Gasteiger partial charge in [-0.3, -0.25) is 4.79 Å². The zero-order valence-corrected chi connectivity index (χ0v) is 19.0. The summed E-state index contributed by atoms with van der Waals surface area (Å²) < 4.78 is 2.74. The van der Waals surface area contributed by atoms with Gasteiger partial charge in [0, 0.05) is 17.0 Å². The van der Waals surface area contributed by atoms with Gasteiger partial charge in [0.1, 0.15) is 16.5 Å². The van der Waals surface area contributed by atoms with Crippen molar-refractivity contribution in [2.75, 3.05) is 0 Å². The number of carbonyl (C=O) groups excluding carboxylic acids is 1. The topological polar surface area (TPSA) is 20.3 Å². The van der Waals surface area contributed by atoms with Crippen molar-refractivity contribution in [1.82, 2.24) is 4.23 Å². The third-order valence-electron chi connectivity index (χ3n) is 4.08. The first-order valence-corrected chi connectivity index (χ1v) is 16.4. The van der Waals surface area contributed by atoms with Crippen molar-refractivity contribution in [3.05, 3.63) is 65.7 Å². The van der Waals surface area contributed by atoms with E-state index in [-0.39, 0.29) is 5.12 Å². The third-order valence-corrected chi connectivity index (χ3v) is 12.6. The molecule has 0 bridgehead atoms. The first-order chi connectivity index (χ1) is 11.6. The molecule has 0 unspecified atom stereocenters. The summed E-state index contributed by atoms with van der Waals surface area (Å²) >= 11 is 1.30. The monoisotopic (exact) mass is 387 g/mol. The van der Waals surface area contributed by atoms with Crippen LogP contribution in [-0.2, 0) is 6.54 Å². The normalized spacial score (nSPS) is 12.4. The standard InChI is InChI=1S/C20H29NOSSi2/c1-24(2,3)21(25(4,5)6)16-17-11-10-12-18(15-17)20(22)23-19-13-8-7-9-14-19/h7-15H,16H2,1-6H3. The zero-order chi connectivity index (χ0) is 18.7. The van der Waals surface area contributed by atoms with Crippen molar-refractivity contribution >= 4 is 33.3 Å². The zero-order valence-electron chi connectivity index (χ0n) is 16.2. The lowest BCUT2D eigenvalue weighted by Crippen LogP contribution is -2.58. The fourth-order valence-electron chi connectivity index (χ4n) is 3.11. The van der Waals surface area contributed by atoms with E-state index in [0.717, 1.165) is 17.0 Å². The molecule has 0 saturated heterocycles. The highest BCUT2D eigenvalue weighted by molar-refractivity contribution is 8.14. The molecule has 0 aliphatic heterocycles. The SMILES string of the molecule is C[Si](C)(C)N(Cc1cccc(C(=O)Sc2ccccc2)c1)[Si](C)(C)C. The Morgan fingerprint density at radius 2 is 1.48 bits per heavy atom. The molecule has 0 saturated carbocycles. The molecule has 0 atom stereocenters. The highest BCUT2D eigenvalue weighted by Gasteiger charge is 2.34. The molecular formula is C20H29NOSSi2. The summed E-state index contributed by atoms with van der Waals surface area (Å²) in [6, 6.07) is 18.0. The van der Waals surface area contributed by atoms with E-state index in [9.17, 15) is 4.79 Å². The van der Waals surface area contributed by atoms with Crippen molar-refractivity contribution in [1.29, 1.82) is 0 Å². The fraction of sp³-hybridized carbons (Fsp3) is 0.350. The van der Waals surface area contributed by atoms with Crippen LogP contribution in [-0.4, -0.2) is 25.8 Å². The van der Waals surface area contributed by atoms with Gasteiger partial charge in [-0.1, -0.05) is 75.7 Å². The second-order valence-corrected chi connectivity index (χ2v) is 19.6. The molecule has 2 aromatic rings. The molecule has 0 aromatic heterocycles. The van der Waals surface area contributed by atoms with Gasteiger partial charge in [-0.05, 0) is 35.5 Å². The van der Waals surface area contributed by atoms with Crippen molar-refractivity contribution in [3.63, 3.8) is 0 Å². The van der Waals surface area contributed by atoms with Crippen LogP contribution in [0.3, 0.4) is 0 Å². The van der Waals surface area contributed by atoms with Crippen molar-refractivity contribution in [2.24, 2.45) is 0 Å². The summed E-state index contributed by atoms with van der Waals surface area (Å²) in [4.78, 5) is 13.6. The second-order valence-electron chi connectivity index (χ2n) is 8.33. The highest BCUT2D eigenvalue weighted by atomic mass is 32.2. The summed E-state index contributed by atoms with van der Waals surface area (Å²) in [7, 11) is -2.81. The van der Waals surface area contributed by atoms with Gasteiger partial charge in [0.2, 0.25) is 5.12 Å². The Kier molecular flexibility index (Phi) is 6.48. The molecule has 0 aliphatic carbocycles. The van der Waals surface area contributed by atoms with E-state index in [1.54, 1.807) is 0 Å². The predicted octanol–water partition coefficient (Wildman–Crippen LogP) is 6.09. The number of rotatable bonds is 6. The summed E-state index contributed by atoms with van der Waals surface area (Å²) in [6.45, 7) is 15.4. The minimum Gasteiger partial charge on any atom is -0.342 e. The molecule has 0 amide bonds. The van der Waals surface area contributed by atoms with Crippen LogP contribution < -0.4 is 0 Å². The number of benzene rings is 2. The van der Waals surface area contributed by atoms with E-state index < -0.39 is 16.5 Å². The number of thioether (sulfide) groups is 1. The van der Waals surface area contributed by atoms with Gasteiger partial charge in [0.05, 0.1) is 0 Å². The van der Waals surface area contributed by atoms with E-state index in [1.165, 1.54) is 17.3 Å². The number of hydrogen-bond acceptors (Lipinski definition) is 3. The third kappa shape index (κ3) is 5.95. The lowest BCUT2D eigenvalue weighted by Gasteiger charge is -2.43. The van der Waals surface area contributed by atoms with Crippen LogP contribution in [0.15, 0.2) is 59.5 Å². The molecule has 0 spiro atoms. The van der Waals surface area contributed by atoms with Crippen LogP contribution in [0, 0.1) is 0 Å². The Morgan fingerprint density at radius 3 is 2.04 bits per heavy atom. The first kappa shape index (κ1) is 20.2. The molecule has 0 fully saturated rings. The first-order valence-electron chi connectivity index (χ1n) is 8.71. The smallest absolute Gasteiger partial charge is 0.224 e. The molecule has 2 rings (SSSR count). The minimum atomic E-state index is -1.41. The maximum atomic E-state index is 12.6. The summed E-state index contributed by atoms with van der Waals surface area (Å²) in [5, 5.41) is 0.112. The van der Waals surface area contributed by atoms with E-state index in [2.05, 4.69) is 55.6 Å². The highest BCUT2D eigenvalue weighted by Crippen LogP contribution is 2.25. The van der Waals surface area contributed by atoms with Gasteiger partial charge in [-0.2, -0.15) is 0 Å². The molecule has 25 heavy (non-hydrogen) atoms. The fourth-order valence-corrected chi connectivity index (χ4v) is 13.2. The number of hydrogen-bond donors (Lipinski definition) is 0. The predicted molar refractivity (Wildman–Crippen MR) is 115 cm³/mol. The molecule has 0 aliphatic rings. The Morgan fingerprint density at radius 1 is 0.880 bits per heavy atom. The maximum Gasteiger partial charge on any atom is 0.224 e. The molecule has 2 nitrogen and oxygen atoms in total. The Hall–Kier alpha value is -1.15. The molecule has 5 heteroatoms. The molecule has 134 valence electrons. The van der Waals surface area contributed by atoms with Crippen LogP contribution in [0.5, 0.6) is 0 Å². The second kappa shape index (κ2) is 8.04. The van der Waals surface area contributed by atoms with E-state index in [4.69, 9.17) is 0 Å². The van der Waals surface area contributed by atoms with E-state index >= 15 is 0 Å².